The smallest absolute Gasteiger partial charge is 0.328 e. The number of amides is 3. The SMILES string of the molecule is COc1ccc(CNC(C)=O)cc1-n1nc2c(c1C(C)C)C(c1ccc(Cl)cc1C)N(c1cc(Cl)c(=O)n(C)c1)C(=O)N2. The predicted molar refractivity (Wildman–Crippen MR) is 168 cm³/mol. The standard InChI is InChI=1S/C31H32Cl2N6O4/c1-16(2)27-26-28(22-9-8-20(32)11-17(22)3)38(21-13-23(33)30(41)37(5)15-21)31(42)35-29(26)36-39(27)24-12-19(14-34-18(4)40)7-10-25(24)43-6/h7-13,15-16,28H,14H2,1-6H3,(H,34,40)(H,35,36,42). The molecule has 2 N–H and O–H groups in total. The third-order valence-electron chi connectivity index (χ3n) is 7.42. The van der Waals surface area contributed by atoms with Crippen LogP contribution in [0.25, 0.3) is 5.69 Å². The van der Waals surface area contributed by atoms with Gasteiger partial charge in [0.15, 0.2) is 5.82 Å². The molecular formula is C31H32Cl2N6O4. The van der Waals surface area contributed by atoms with Crippen LogP contribution in [0.3, 0.4) is 0 Å². The molecule has 10 nitrogen and oxygen atoms in total. The summed E-state index contributed by atoms with van der Waals surface area (Å²) < 4.78 is 8.88. The minimum atomic E-state index is -0.644. The molecule has 3 amide bonds. The molecule has 0 fully saturated rings. The summed E-state index contributed by atoms with van der Waals surface area (Å²) in [5.41, 5.74) is 4.89. The summed E-state index contributed by atoms with van der Waals surface area (Å²) in [6, 6.07) is 11.6. The number of hydrogen-bond acceptors (Lipinski definition) is 5. The maximum atomic E-state index is 13.9. The van der Waals surface area contributed by atoms with Crippen LogP contribution < -0.4 is 25.8 Å². The Hall–Kier alpha value is -4.28. The third-order valence-corrected chi connectivity index (χ3v) is 7.93. The van der Waals surface area contributed by atoms with Gasteiger partial charge in [-0.25, -0.2) is 9.48 Å². The zero-order valence-corrected chi connectivity index (χ0v) is 26.2. The first kappa shape index (κ1) is 30.2. The van der Waals surface area contributed by atoms with Crippen molar-refractivity contribution in [3.8, 4) is 11.4 Å². The topological polar surface area (TPSA) is 110 Å². The Morgan fingerprint density at radius 1 is 1.14 bits per heavy atom. The number of anilines is 2. The van der Waals surface area contributed by atoms with Crippen molar-refractivity contribution >= 4 is 46.6 Å². The number of nitrogens with zero attached hydrogens (tertiary/aromatic N) is 4. The fraction of sp³-hybridized carbons (Fsp3) is 0.290. The summed E-state index contributed by atoms with van der Waals surface area (Å²) in [6.45, 7) is 7.84. The molecule has 5 rings (SSSR count). The zero-order chi connectivity index (χ0) is 31.2. The lowest BCUT2D eigenvalue weighted by Gasteiger charge is -2.37. The van der Waals surface area contributed by atoms with Crippen LogP contribution in [0.4, 0.5) is 16.3 Å². The number of nitrogens with one attached hydrogen (secondary N) is 2. The van der Waals surface area contributed by atoms with Gasteiger partial charge in [0, 0.05) is 37.3 Å². The van der Waals surface area contributed by atoms with Gasteiger partial charge < -0.3 is 14.6 Å². The summed E-state index contributed by atoms with van der Waals surface area (Å²) in [4.78, 5) is 39.6. The lowest BCUT2D eigenvalue weighted by atomic mass is 9.89. The van der Waals surface area contributed by atoms with E-state index in [0.717, 1.165) is 27.9 Å². The lowest BCUT2D eigenvalue weighted by molar-refractivity contribution is -0.119. The number of rotatable bonds is 7. The Morgan fingerprint density at radius 3 is 2.51 bits per heavy atom. The van der Waals surface area contributed by atoms with Crippen molar-refractivity contribution in [2.45, 2.75) is 46.2 Å². The lowest BCUT2D eigenvalue weighted by Crippen LogP contribution is -2.44. The molecule has 224 valence electrons. The van der Waals surface area contributed by atoms with Gasteiger partial charge in [0.2, 0.25) is 5.91 Å². The van der Waals surface area contributed by atoms with Crippen LogP contribution in [0.1, 0.15) is 60.7 Å². The van der Waals surface area contributed by atoms with Crippen molar-refractivity contribution in [3.63, 3.8) is 0 Å². The van der Waals surface area contributed by atoms with Crippen molar-refractivity contribution < 1.29 is 14.3 Å². The number of pyridine rings is 1. The number of carbonyl (C=O) groups excluding carboxylic acids is 2. The van der Waals surface area contributed by atoms with E-state index in [9.17, 15) is 14.4 Å². The average molecular weight is 624 g/mol. The van der Waals surface area contributed by atoms with Crippen LogP contribution >= 0.6 is 23.2 Å². The number of aromatic nitrogens is 3. The molecule has 0 spiro atoms. The molecule has 2 aromatic heterocycles. The molecule has 1 aliphatic heterocycles. The van der Waals surface area contributed by atoms with Gasteiger partial charge in [0.25, 0.3) is 5.56 Å². The highest BCUT2D eigenvalue weighted by Gasteiger charge is 2.41. The highest BCUT2D eigenvalue weighted by Crippen LogP contribution is 2.46. The Labute approximate surface area is 259 Å². The maximum Gasteiger partial charge on any atom is 0.328 e. The highest BCUT2D eigenvalue weighted by molar-refractivity contribution is 6.31. The molecule has 0 saturated carbocycles. The molecule has 1 atom stereocenters. The quantitative estimate of drug-likeness (QED) is 0.259. The number of hydrogen-bond donors (Lipinski definition) is 2. The number of ether oxygens (including phenoxy) is 1. The van der Waals surface area contributed by atoms with Gasteiger partial charge in [-0.2, -0.15) is 0 Å². The number of halogens is 2. The fourth-order valence-electron chi connectivity index (χ4n) is 5.48. The molecule has 1 aliphatic rings. The Kier molecular flexibility index (Phi) is 8.27. The van der Waals surface area contributed by atoms with Gasteiger partial charge >= 0.3 is 6.03 Å². The van der Waals surface area contributed by atoms with E-state index in [2.05, 4.69) is 24.5 Å². The average Bonchev–Trinajstić information content (AvgIpc) is 3.33. The van der Waals surface area contributed by atoms with Crippen LogP contribution in [-0.2, 0) is 18.4 Å². The van der Waals surface area contributed by atoms with Gasteiger partial charge in [-0.05, 0) is 59.9 Å². The summed E-state index contributed by atoms with van der Waals surface area (Å²) >= 11 is 12.7. The molecule has 3 heterocycles. The van der Waals surface area contributed by atoms with Gasteiger partial charge in [-0.1, -0.05) is 49.2 Å². The van der Waals surface area contributed by atoms with E-state index in [1.807, 2.05) is 37.3 Å². The van der Waals surface area contributed by atoms with E-state index in [1.165, 1.54) is 17.6 Å². The third kappa shape index (κ3) is 5.60. The second-order valence-corrected chi connectivity index (χ2v) is 11.6. The van der Waals surface area contributed by atoms with Gasteiger partial charge in [0.1, 0.15) is 16.5 Å². The van der Waals surface area contributed by atoms with E-state index in [-0.39, 0.29) is 22.4 Å². The number of carbonyl (C=O) groups is 2. The van der Waals surface area contributed by atoms with Crippen molar-refractivity contribution in [2.24, 2.45) is 7.05 Å². The van der Waals surface area contributed by atoms with Crippen molar-refractivity contribution in [2.75, 3.05) is 17.3 Å². The molecular weight excluding hydrogens is 591 g/mol. The van der Waals surface area contributed by atoms with E-state index in [1.54, 1.807) is 36.0 Å². The molecule has 4 aromatic rings. The molecule has 0 radical (unpaired) electrons. The highest BCUT2D eigenvalue weighted by atomic mass is 35.5. The number of urea groups is 1. The van der Waals surface area contributed by atoms with E-state index >= 15 is 0 Å². The Bertz CT molecular complexity index is 1790. The Morgan fingerprint density at radius 2 is 1.88 bits per heavy atom. The number of benzene rings is 2. The van der Waals surface area contributed by atoms with Crippen molar-refractivity contribution in [1.82, 2.24) is 19.7 Å². The minimum Gasteiger partial charge on any atom is -0.494 e. The Balaban J connectivity index is 1.80. The fourth-order valence-corrected chi connectivity index (χ4v) is 5.95. The summed E-state index contributed by atoms with van der Waals surface area (Å²) in [6.07, 6.45) is 1.59. The number of fused-ring (bicyclic) bond motifs is 1. The van der Waals surface area contributed by atoms with Crippen LogP contribution in [0.2, 0.25) is 10.0 Å². The van der Waals surface area contributed by atoms with E-state index in [4.69, 9.17) is 33.0 Å². The molecule has 0 bridgehead atoms. The zero-order valence-electron chi connectivity index (χ0n) is 24.7. The van der Waals surface area contributed by atoms with Crippen LogP contribution in [-0.4, -0.2) is 33.4 Å². The van der Waals surface area contributed by atoms with E-state index < -0.39 is 12.1 Å². The second kappa shape index (κ2) is 11.8. The molecule has 1 unspecified atom stereocenters. The first-order valence-corrected chi connectivity index (χ1v) is 14.4. The van der Waals surface area contributed by atoms with Crippen molar-refractivity contribution in [1.29, 1.82) is 0 Å². The number of aryl methyl sites for hydroxylation is 2. The second-order valence-electron chi connectivity index (χ2n) is 10.8. The molecule has 12 heteroatoms. The summed E-state index contributed by atoms with van der Waals surface area (Å²) in [7, 11) is 3.17. The van der Waals surface area contributed by atoms with Crippen LogP contribution in [0.15, 0.2) is 53.5 Å². The number of methoxy groups -OCH3 is 1. The van der Waals surface area contributed by atoms with Crippen LogP contribution in [0.5, 0.6) is 5.75 Å². The largest absolute Gasteiger partial charge is 0.494 e. The first-order valence-electron chi connectivity index (χ1n) is 13.7. The normalized spacial score (nSPS) is 14.5. The van der Waals surface area contributed by atoms with Gasteiger partial charge in [-0.3, -0.25) is 19.8 Å². The van der Waals surface area contributed by atoms with Gasteiger partial charge in [0.05, 0.1) is 24.5 Å². The van der Waals surface area contributed by atoms with E-state index in [0.29, 0.717) is 34.5 Å². The summed E-state index contributed by atoms with van der Waals surface area (Å²) in [5.74, 6) is 0.767. The van der Waals surface area contributed by atoms with Crippen molar-refractivity contribution in [3.05, 3.63) is 97.0 Å². The maximum absolute atomic E-state index is 13.9. The van der Waals surface area contributed by atoms with Gasteiger partial charge in [-0.15, -0.1) is 5.10 Å². The molecule has 0 aliphatic carbocycles. The summed E-state index contributed by atoms with van der Waals surface area (Å²) in [5, 5.41) is 11.3. The first-order chi connectivity index (χ1) is 20.4. The monoisotopic (exact) mass is 622 g/mol. The molecule has 0 saturated heterocycles. The van der Waals surface area contributed by atoms with Crippen LogP contribution in [0, 0.1) is 6.92 Å². The predicted octanol–water partition coefficient (Wildman–Crippen LogP) is 6.10. The molecule has 43 heavy (non-hydrogen) atoms. The minimum absolute atomic E-state index is 0.00863. The molecule has 2 aromatic carbocycles.